The highest BCUT2D eigenvalue weighted by atomic mass is 16.5. The van der Waals surface area contributed by atoms with Crippen molar-refractivity contribution in [1.29, 1.82) is 0 Å². The Hall–Kier alpha value is -3.68. The molecule has 0 radical (unpaired) electrons. The van der Waals surface area contributed by atoms with Gasteiger partial charge in [-0.15, -0.1) is 5.10 Å². The van der Waals surface area contributed by atoms with E-state index in [9.17, 15) is 0 Å². The average molecular weight is 348 g/mol. The van der Waals surface area contributed by atoms with Crippen LogP contribution in [0.2, 0.25) is 0 Å². The van der Waals surface area contributed by atoms with Crippen LogP contribution in [0, 0.1) is 0 Å². The molecule has 0 aliphatic rings. The minimum atomic E-state index is 0.152. The first kappa shape index (κ1) is 15.8. The molecule has 0 saturated carbocycles. The Morgan fingerprint density at radius 1 is 0.962 bits per heavy atom. The summed E-state index contributed by atoms with van der Waals surface area (Å²) in [6, 6.07) is 13.3. The summed E-state index contributed by atoms with van der Waals surface area (Å²) in [4.78, 5) is 12.2. The Morgan fingerprint density at radius 2 is 1.85 bits per heavy atom. The molecule has 3 heterocycles. The summed E-state index contributed by atoms with van der Waals surface area (Å²) >= 11 is 0. The van der Waals surface area contributed by atoms with Crippen LogP contribution in [0.5, 0.6) is 11.6 Å². The molecule has 0 aliphatic carbocycles. The van der Waals surface area contributed by atoms with Crippen LogP contribution in [0.3, 0.4) is 0 Å². The van der Waals surface area contributed by atoms with E-state index in [0.29, 0.717) is 24.9 Å². The number of fused-ring (bicyclic) bond motifs is 1. The van der Waals surface area contributed by atoms with Gasteiger partial charge in [0, 0.05) is 30.2 Å². The molecule has 0 amide bonds. The summed E-state index contributed by atoms with van der Waals surface area (Å²) in [5.41, 5.74) is 7.58. The molecule has 0 unspecified atom stereocenters. The second kappa shape index (κ2) is 7.06. The first-order chi connectivity index (χ1) is 12.8. The Labute approximate surface area is 149 Å². The molecule has 3 aromatic heterocycles. The van der Waals surface area contributed by atoms with Crippen molar-refractivity contribution in [3.63, 3.8) is 0 Å². The largest absolute Gasteiger partial charge is 0.489 e. The van der Waals surface area contributed by atoms with Crippen LogP contribution in [0.25, 0.3) is 5.78 Å². The Kier molecular flexibility index (Phi) is 4.29. The lowest BCUT2D eigenvalue weighted by Gasteiger charge is -2.10. The van der Waals surface area contributed by atoms with Crippen LogP contribution < -0.4 is 15.2 Å². The van der Waals surface area contributed by atoms with E-state index in [1.807, 2.05) is 36.4 Å². The highest BCUT2D eigenvalue weighted by Crippen LogP contribution is 2.18. The van der Waals surface area contributed by atoms with E-state index in [2.05, 4.69) is 20.1 Å². The van der Waals surface area contributed by atoms with Gasteiger partial charge in [0.25, 0.3) is 5.78 Å². The molecule has 0 saturated heterocycles. The summed E-state index contributed by atoms with van der Waals surface area (Å²) in [5.74, 6) is 1.83. The second-order valence-electron chi connectivity index (χ2n) is 5.55. The molecule has 0 aliphatic heterocycles. The van der Waals surface area contributed by atoms with Gasteiger partial charge in [-0.1, -0.05) is 18.2 Å². The molecule has 26 heavy (non-hydrogen) atoms. The molecule has 0 spiro atoms. The van der Waals surface area contributed by atoms with Crippen LogP contribution in [0.4, 0.5) is 5.95 Å². The predicted octanol–water partition coefficient (Wildman–Crippen LogP) is 2.26. The Balaban J connectivity index is 1.43. The molecule has 0 atom stereocenters. The van der Waals surface area contributed by atoms with E-state index in [0.717, 1.165) is 16.9 Å². The van der Waals surface area contributed by atoms with Crippen molar-refractivity contribution in [2.45, 2.75) is 13.2 Å². The molecule has 0 bridgehead atoms. The zero-order valence-electron chi connectivity index (χ0n) is 13.8. The zero-order valence-corrected chi connectivity index (χ0v) is 13.8. The number of benzene rings is 1. The lowest BCUT2D eigenvalue weighted by molar-refractivity contribution is 0.281. The van der Waals surface area contributed by atoms with Crippen molar-refractivity contribution in [2.24, 2.45) is 0 Å². The number of nitrogens with two attached hydrogens (primary N) is 1. The van der Waals surface area contributed by atoms with Gasteiger partial charge in [0.1, 0.15) is 19.0 Å². The SMILES string of the molecule is Nc1nc2nccc(OCc3cccc(OCc4cccnc4)c3)n2n1. The summed E-state index contributed by atoms with van der Waals surface area (Å²) in [6.07, 6.45) is 5.12. The molecule has 8 nitrogen and oxygen atoms in total. The van der Waals surface area contributed by atoms with Crippen LogP contribution in [0.15, 0.2) is 61.1 Å². The van der Waals surface area contributed by atoms with Crippen molar-refractivity contribution in [3.8, 4) is 11.6 Å². The third kappa shape index (κ3) is 3.54. The summed E-state index contributed by atoms with van der Waals surface area (Å²) in [6.45, 7) is 0.810. The molecule has 0 fully saturated rings. The first-order valence-corrected chi connectivity index (χ1v) is 7.99. The molecule has 4 aromatic rings. The van der Waals surface area contributed by atoms with Crippen LogP contribution >= 0.6 is 0 Å². The Bertz CT molecular complexity index is 1020. The van der Waals surface area contributed by atoms with Crippen molar-refractivity contribution in [2.75, 3.05) is 5.73 Å². The molecular weight excluding hydrogens is 332 g/mol. The minimum absolute atomic E-state index is 0.152. The van der Waals surface area contributed by atoms with Crippen molar-refractivity contribution in [1.82, 2.24) is 24.6 Å². The fourth-order valence-corrected chi connectivity index (χ4v) is 2.43. The highest BCUT2D eigenvalue weighted by Gasteiger charge is 2.07. The van der Waals surface area contributed by atoms with Gasteiger partial charge >= 0.3 is 0 Å². The number of pyridine rings is 1. The van der Waals surface area contributed by atoms with Gasteiger partial charge < -0.3 is 15.2 Å². The lowest BCUT2D eigenvalue weighted by atomic mass is 10.2. The quantitative estimate of drug-likeness (QED) is 0.570. The third-order valence-corrected chi connectivity index (χ3v) is 3.64. The van der Waals surface area contributed by atoms with Crippen LogP contribution in [0.1, 0.15) is 11.1 Å². The fraction of sp³-hybridized carbons (Fsp3) is 0.111. The standard InChI is InChI=1S/C18H16N6O2/c19-17-22-18-21-8-6-16(24(18)23-17)26-11-13-3-1-5-15(9-13)25-12-14-4-2-7-20-10-14/h1-10H,11-12H2,(H2,19,23). The van der Waals surface area contributed by atoms with Crippen molar-refractivity contribution >= 4 is 11.7 Å². The van der Waals surface area contributed by atoms with Gasteiger partial charge in [-0.05, 0) is 23.8 Å². The Morgan fingerprint density at radius 3 is 2.73 bits per heavy atom. The fourth-order valence-electron chi connectivity index (χ4n) is 2.43. The number of nitrogens with zero attached hydrogens (tertiary/aromatic N) is 5. The summed E-state index contributed by atoms with van der Waals surface area (Å²) in [7, 11) is 0. The maximum atomic E-state index is 5.84. The van der Waals surface area contributed by atoms with E-state index < -0.39 is 0 Å². The number of hydrogen-bond donors (Lipinski definition) is 1. The lowest BCUT2D eigenvalue weighted by Crippen LogP contribution is -2.03. The molecule has 130 valence electrons. The normalized spacial score (nSPS) is 10.8. The maximum absolute atomic E-state index is 5.84. The van der Waals surface area contributed by atoms with Gasteiger partial charge in [-0.2, -0.15) is 9.50 Å². The topological polar surface area (TPSA) is 100 Å². The summed E-state index contributed by atoms with van der Waals surface area (Å²) in [5, 5.41) is 4.07. The number of anilines is 1. The van der Waals surface area contributed by atoms with Gasteiger partial charge in [0.15, 0.2) is 0 Å². The number of ether oxygens (including phenoxy) is 2. The van der Waals surface area contributed by atoms with Gasteiger partial charge in [0.2, 0.25) is 11.8 Å². The maximum Gasteiger partial charge on any atom is 0.257 e. The van der Waals surface area contributed by atoms with Crippen molar-refractivity contribution in [3.05, 3.63) is 72.2 Å². The number of nitrogen functional groups attached to an aromatic ring is 1. The van der Waals surface area contributed by atoms with E-state index in [-0.39, 0.29) is 5.95 Å². The molecule has 1 aromatic carbocycles. The monoisotopic (exact) mass is 348 g/mol. The average Bonchev–Trinajstić information content (AvgIpc) is 3.07. The van der Waals surface area contributed by atoms with E-state index in [4.69, 9.17) is 15.2 Å². The molecule has 8 heteroatoms. The first-order valence-electron chi connectivity index (χ1n) is 7.99. The van der Waals surface area contributed by atoms with Crippen molar-refractivity contribution < 1.29 is 9.47 Å². The van der Waals surface area contributed by atoms with Crippen LogP contribution in [-0.2, 0) is 13.2 Å². The number of hydrogen-bond acceptors (Lipinski definition) is 7. The van der Waals surface area contributed by atoms with E-state index in [1.165, 1.54) is 4.52 Å². The highest BCUT2D eigenvalue weighted by molar-refractivity contribution is 5.36. The smallest absolute Gasteiger partial charge is 0.257 e. The minimum Gasteiger partial charge on any atom is -0.489 e. The third-order valence-electron chi connectivity index (χ3n) is 3.64. The molecule has 4 rings (SSSR count). The second-order valence-corrected chi connectivity index (χ2v) is 5.55. The van der Waals surface area contributed by atoms with Crippen LogP contribution in [-0.4, -0.2) is 24.6 Å². The van der Waals surface area contributed by atoms with Gasteiger partial charge in [0.05, 0.1) is 0 Å². The number of aromatic nitrogens is 5. The molecule has 2 N–H and O–H groups in total. The van der Waals surface area contributed by atoms with Gasteiger partial charge in [-0.3, -0.25) is 4.98 Å². The zero-order chi connectivity index (χ0) is 17.8. The predicted molar refractivity (Wildman–Crippen MR) is 94.5 cm³/mol. The molecular formula is C18H16N6O2. The van der Waals surface area contributed by atoms with E-state index in [1.54, 1.807) is 24.7 Å². The number of rotatable bonds is 6. The summed E-state index contributed by atoms with van der Waals surface area (Å²) < 4.78 is 13.1. The van der Waals surface area contributed by atoms with Gasteiger partial charge in [-0.25, -0.2) is 4.98 Å². The van der Waals surface area contributed by atoms with E-state index >= 15 is 0 Å².